The molecule has 1 amide bonds. The minimum absolute atomic E-state index is 0.383. The van der Waals surface area contributed by atoms with Gasteiger partial charge in [0, 0.05) is 11.6 Å². The summed E-state index contributed by atoms with van der Waals surface area (Å²) in [7, 11) is 1.65. The topological polar surface area (TPSA) is 47.6 Å². The van der Waals surface area contributed by atoms with Gasteiger partial charge < -0.3 is 14.8 Å². The number of carbonyl (C=O) groups is 1. The Morgan fingerprint density at radius 1 is 1.08 bits per heavy atom. The number of halogens is 1. The normalized spacial score (nSPS) is 10.2. The SMILES string of the molecule is COc1ccc(CCCOC(=O)NCCc2cccc(Cl)c2)cc1. The van der Waals surface area contributed by atoms with E-state index in [2.05, 4.69) is 5.32 Å². The number of nitrogens with one attached hydrogen (secondary N) is 1. The summed E-state index contributed by atoms with van der Waals surface area (Å²) in [5.74, 6) is 0.842. The fraction of sp³-hybridized carbons (Fsp3) is 0.316. The standard InChI is InChI=1S/C19H22ClNO3/c1-23-18-9-7-15(8-10-18)5-3-13-24-19(22)21-12-11-16-4-2-6-17(20)14-16/h2,4,6-10,14H,3,5,11-13H2,1H3,(H,21,22). The average Bonchev–Trinajstić information content (AvgIpc) is 2.59. The maximum atomic E-state index is 11.6. The Bertz CT molecular complexity index is 643. The van der Waals surface area contributed by atoms with Crippen molar-refractivity contribution in [3.63, 3.8) is 0 Å². The third kappa shape index (κ3) is 6.50. The van der Waals surface area contributed by atoms with E-state index in [1.165, 1.54) is 5.56 Å². The van der Waals surface area contributed by atoms with Crippen LogP contribution in [0, 0.1) is 0 Å². The van der Waals surface area contributed by atoms with Gasteiger partial charge in [-0.15, -0.1) is 0 Å². The van der Waals surface area contributed by atoms with Crippen molar-refractivity contribution in [1.29, 1.82) is 0 Å². The molecule has 0 radical (unpaired) electrons. The molecular weight excluding hydrogens is 326 g/mol. The number of methoxy groups -OCH3 is 1. The van der Waals surface area contributed by atoms with Crippen molar-refractivity contribution >= 4 is 17.7 Å². The Hall–Kier alpha value is -2.20. The van der Waals surface area contributed by atoms with Crippen molar-refractivity contribution in [3.8, 4) is 5.75 Å². The molecular formula is C19H22ClNO3. The Kier molecular flexibility index (Phi) is 7.43. The Labute approximate surface area is 147 Å². The summed E-state index contributed by atoms with van der Waals surface area (Å²) < 4.78 is 10.3. The number of hydrogen-bond acceptors (Lipinski definition) is 3. The van der Waals surface area contributed by atoms with Gasteiger partial charge >= 0.3 is 6.09 Å². The molecule has 0 aromatic heterocycles. The number of amides is 1. The van der Waals surface area contributed by atoms with Crippen LogP contribution in [0.1, 0.15) is 17.5 Å². The first kappa shape index (κ1) is 18.1. The molecule has 24 heavy (non-hydrogen) atoms. The molecule has 0 unspecified atom stereocenters. The zero-order valence-electron chi connectivity index (χ0n) is 13.8. The fourth-order valence-electron chi connectivity index (χ4n) is 2.29. The summed E-state index contributed by atoms with van der Waals surface area (Å²) in [6.07, 6.45) is 1.99. The molecule has 0 heterocycles. The highest BCUT2D eigenvalue weighted by molar-refractivity contribution is 6.30. The first-order chi connectivity index (χ1) is 11.7. The lowest BCUT2D eigenvalue weighted by atomic mass is 10.1. The number of rotatable bonds is 8. The highest BCUT2D eigenvalue weighted by Gasteiger charge is 2.02. The van der Waals surface area contributed by atoms with Gasteiger partial charge in [0.05, 0.1) is 13.7 Å². The van der Waals surface area contributed by atoms with Gasteiger partial charge in [0.1, 0.15) is 5.75 Å². The summed E-state index contributed by atoms with van der Waals surface area (Å²) in [6, 6.07) is 15.5. The molecule has 2 rings (SSSR count). The van der Waals surface area contributed by atoms with Gasteiger partial charge in [-0.1, -0.05) is 35.9 Å². The summed E-state index contributed by atoms with van der Waals surface area (Å²) in [4.78, 5) is 11.6. The Balaban J connectivity index is 1.57. The number of aryl methyl sites for hydroxylation is 1. The lowest BCUT2D eigenvalue weighted by Crippen LogP contribution is -2.26. The van der Waals surface area contributed by atoms with Crippen LogP contribution >= 0.6 is 11.6 Å². The van der Waals surface area contributed by atoms with Crippen molar-refractivity contribution in [3.05, 3.63) is 64.7 Å². The Morgan fingerprint density at radius 2 is 1.88 bits per heavy atom. The molecule has 0 saturated heterocycles. The molecule has 0 atom stereocenters. The molecule has 0 spiro atoms. The highest BCUT2D eigenvalue weighted by atomic mass is 35.5. The number of benzene rings is 2. The van der Waals surface area contributed by atoms with Crippen molar-refractivity contribution < 1.29 is 14.3 Å². The second-order valence-electron chi connectivity index (χ2n) is 5.39. The smallest absolute Gasteiger partial charge is 0.407 e. The molecule has 0 saturated carbocycles. The van der Waals surface area contributed by atoms with Crippen molar-refractivity contribution in [2.45, 2.75) is 19.3 Å². The van der Waals surface area contributed by atoms with E-state index in [0.29, 0.717) is 18.2 Å². The van der Waals surface area contributed by atoms with E-state index in [1.807, 2.05) is 48.5 Å². The van der Waals surface area contributed by atoms with Crippen molar-refractivity contribution in [1.82, 2.24) is 5.32 Å². The van der Waals surface area contributed by atoms with Gasteiger partial charge in [0.2, 0.25) is 0 Å². The predicted octanol–water partition coefficient (Wildman–Crippen LogP) is 4.25. The zero-order valence-corrected chi connectivity index (χ0v) is 14.5. The summed E-state index contributed by atoms with van der Waals surface area (Å²) in [5, 5.41) is 3.45. The summed E-state index contributed by atoms with van der Waals surface area (Å²) >= 11 is 5.92. The van der Waals surface area contributed by atoms with Gasteiger partial charge in [-0.25, -0.2) is 4.79 Å². The molecule has 0 fully saturated rings. The first-order valence-corrected chi connectivity index (χ1v) is 8.33. The fourth-order valence-corrected chi connectivity index (χ4v) is 2.50. The summed E-state index contributed by atoms with van der Waals surface area (Å²) in [6.45, 7) is 0.923. The van der Waals surface area contributed by atoms with Gasteiger partial charge in [-0.3, -0.25) is 0 Å². The largest absolute Gasteiger partial charge is 0.497 e. The lowest BCUT2D eigenvalue weighted by molar-refractivity contribution is 0.145. The third-order valence-electron chi connectivity index (χ3n) is 3.57. The van der Waals surface area contributed by atoms with E-state index in [4.69, 9.17) is 21.1 Å². The van der Waals surface area contributed by atoms with Crippen LogP contribution in [0.15, 0.2) is 48.5 Å². The maximum Gasteiger partial charge on any atom is 0.407 e. The lowest BCUT2D eigenvalue weighted by Gasteiger charge is -2.08. The second kappa shape index (κ2) is 9.83. The van der Waals surface area contributed by atoms with Gasteiger partial charge in [-0.05, 0) is 54.7 Å². The first-order valence-electron chi connectivity index (χ1n) is 7.95. The average molecular weight is 348 g/mol. The van der Waals surface area contributed by atoms with E-state index in [-0.39, 0.29) is 6.09 Å². The van der Waals surface area contributed by atoms with Crippen LogP contribution in [0.2, 0.25) is 5.02 Å². The van der Waals surface area contributed by atoms with Crippen LogP contribution in [-0.4, -0.2) is 26.4 Å². The minimum atomic E-state index is -0.383. The Morgan fingerprint density at radius 3 is 2.58 bits per heavy atom. The molecule has 5 heteroatoms. The van der Waals surface area contributed by atoms with E-state index >= 15 is 0 Å². The van der Waals surface area contributed by atoms with Crippen molar-refractivity contribution in [2.75, 3.05) is 20.3 Å². The van der Waals surface area contributed by atoms with E-state index in [9.17, 15) is 4.79 Å². The zero-order chi connectivity index (χ0) is 17.2. The van der Waals surface area contributed by atoms with Crippen LogP contribution in [0.25, 0.3) is 0 Å². The minimum Gasteiger partial charge on any atom is -0.497 e. The quantitative estimate of drug-likeness (QED) is 0.726. The maximum absolute atomic E-state index is 11.6. The monoisotopic (exact) mass is 347 g/mol. The molecule has 2 aromatic rings. The molecule has 128 valence electrons. The van der Waals surface area contributed by atoms with Crippen molar-refractivity contribution in [2.24, 2.45) is 0 Å². The van der Waals surface area contributed by atoms with Crippen LogP contribution in [0.4, 0.5) is 4.79 Å². The van der Waals surface area contributed by atoms with Crippen LogP contribution in [0.5, 0.6) is 5.75 Å². The number of hydrogen-bond donors (Lipinski definition) is 1. The summed E-state index contributed by atoms with van der Waals surface area (Å²) in [5.41, 5.74) is 2.28. The number of carbonyl (C=O) groups excluding carboxylic acids is 1. The number of ether oxygens (including phenoxy) is 2. The molecule has 1 N–H and O–H groups in total. The second-order valence-corrected chi connectivity index (χ2v) is 5.83. The highest BCUT2D eigenvalue weighted by Crippen LogP contribution is 2.12. The van der Waals surface area contributed by atoms with Gasteiger partial charge in [-0.2, -0.15) is 0 Å². The van der Waals surface area contributed by atoms with Gasteiger partial charge in [0.25, 0.3) is 0 Å². The van der Waals surface area contributed by atoms with E-state index < -0.39 is 0 Å². The number of alkyl carbamates (subject to hydrolysis) is 1. The molecule has 0 bridgehead atoms. The predicted molar refractivity (Wildman–Crippen MR) is 95.8 cm³/mol. The molecule has 0 aliphatic carbocycles. The molecule has 0 aliphatic rings. The molecule has 2 aromatic carbocycles. The van der Waals surface area contributed by atoms with Crippen LogP contribution in [0.3, 0.4) is 0 Å². The third-order valence-corrected chi connectivity index (χ3v) is 3.81. The van der Waals surface area contributed by atoms with Gasteiger partial charge in [0.15, 0.2) is 0 Å². The van der Waals surface area contributed by atoms with Crippen LogP contribution < -0.4 is 10.1 Å². The van der Waals surface area contributed by atoms with E-state index in [0.717, 1.165) is 30.6 Å². The molecule has 4 nitrogen and oxygen atoms in total. The molecule has 0 aliphatic heterocycles. The van der Waals surface area contributed by atoms with Crippen LogP contribution in [-0.2, 0) is 17.6 Å². The van der Waals surface area contributed by atoms with E-state index in [1.54, 1.807) is 7.11 Å².